The molecule has 0 spiro atoms. The van der Waals surface area contributed by atoms with Gasteiger partial charge < -0.3 is 15.6 Å². The topological polar surface area (TPSA) is 55.5 Å². The molecule has 0 saturated heterocycles. The maximum atomic E-state index is 11.0. The van der Waals surface area contributed by atoms with Crippen molar-refractivity contribution in [2.24, 2.45) is 11.7 Å². The number of phenolic OH excluding ortho intramolecular Hbond substituents is 1. The zero-order chi connectivity index (χ0) is 19.8. The quantitative estimate of drug-likeness (QED) is 0.399. The lowest BCUT2D eigenvalue weighted by Crippen LogP contribution is -2.18. The van der Waals surface area contributed by atoms with Crippen LogP contribution in [0.5, 0.6) is 11.5 Å². The molecular weight excluding hydrogens is 334 g/mol. The Morgan fingerprint density at radius 3 is 2.74 bits per heavy atom. The highest BCUT2D eigenvalue weighted by Crippen LogP contribution is 2.47. The van der Waals surface area contributed by atoms with E-state index in [4.69, 9.17) is 10.5 Å². The van der Waals surface area contributed by atoms with E-state index in [0.29, 0.717) is 24.8 Å². The zero-order valence-electron chi connectivity index (χ0n) is 17.4. The highest BCUT2D eigenvalue weighted by atomic mass is 16.5. The van der Waals surface area contributed by atoms with E-state index >= 15 is 0 Å². The van der Waals surface area contributed by atoms with Gasteiger partial charge in [0.2, 0.25) is 0 Å². The van der Waals surface area contributed by atoms with Crippen molar-refractivity contribution in [2.75, 3.05) is 13.2 Å². The normalized spacial score (nSPS) is 19.6. The second-order valence-corrected chi connectivity index (χ2v) is 8.00. The van der Waals surface area contributed by atoms with Crippen LogP contribution < -0.4 is 10.5 Å². The van der Waals surface area contributed by atoms with Gasteiger partial charge in [0.05, 0.1) is 6.61 Å². The number of hydrogen-bond donors (Lipinski definition) is 2. The Labute approximate surface area is 165 Å². The summed E-state index contributed by atoms with van der Waals surface area (Å²) < 4.78 is 6.12. The van der Waals surface area contributed by atoms with Crippen molar-refractivity contribution < 1.29 is 9.84 Å². The van der Waals surface area contributed by atoms with Crippen LogP contribution in [0.4, 0.5) is 0 Å². The van der Waals surface area contributed by atoms with E-state index in [1.54, 1.807) is 0 Å². The fourth-order valence-electron chi connectivity index (χ4n) is 4.02. The first-order valence-electron chi connectivity index (χ1n) is 10.5. The molecule has 2 unspecified atom stereocenters. The third-order valence-electron chi connectivity index (χ3n) is 5.57. The molecule has 1 aromatic rings. The first kappa shape index (κ1) is 21.6. The summed E-state index contributed by atoms with van der Waals surface area (Å²) in [5, 5.41) is 11.0. The van der Waals surface area contributed by atoms with Crippen LogP contribution in [-0.2, 0) is 6.42 Å². The van der Waals surface area contributed by atoms with Gasteiger partial charge in [-0.15, -0.1) is 0 Å². The summed E-state index contributed by atoms with van der Waals surface area (Å²) in [6, 6.07) is 4.07. The molecule has 0 heterocycles. The van der Waals surface area contributed by atoms with Crippen LogP contribution in [0.15, 0.2) is 35.9 Å². The number of ether oxygens (including phenoxy) is 1. The third kappa shape index (κ3) is 5.87. The van der Waals surface area contributed by atoms with Crippen molar-refractivity contribution in [3.63, 3.8) is 0 Å². The molecule has 3 heteroatoms. The molecule has 1 aliphatic carbocycles. The van der Waals surface area contributed by atoms with Crippen molar-refractivity contribution in [1.29, 1.82) is 0 Å². The second-order valence-electron chi connectivity index (χ2n) is 8.00. The maximum absolute atomic E-state index is 11.0. The molecular formula is C24H37NO2. The van der Waals surface area contributed by atoms with Crippen LogP contribution in [0.1, 0.15) is 76.3 Å². The van der Waals surface area contributed by atoms with E-state index in [1.165, 1.54) is 24.0 Å². The molecule has 2 rings (SSSR count). The average Bonchev–Trinajstić information content (AvgIpc) is 2.61. The van der Waals surface area contributed by atoms with Gasteiger partial charge in [-0.3, -0.25) is 0 Å². The van der Waals surface area contributed by atoms with Crippen molar-refractivity contribution in [3.05, 3.63) is 47.1 Å². The van der Waals surface area contributed by atoms with E-state index in [0.717, 1.165) is 49.0 Å². The Kier molecular flexibility index (Phi) is 8.43. The summed E-state index contributed by atoms with van der Waals surface area (Å²) in [7, 11) is 0. The lowest BCUT2D eigenvalue weighted by molar-refractivity contribution is 0.302. The molecule has 3 N–H and O–H groups in total. The van der Waals surface area contributed by atoms with Crippen molar-refractivity contribution >= 4 is 0 Å². The van der Waals surface area contributed by atoms with Gasteiger partial charge in [-0.1, -0.05) is 43.6 Å². The number of nitrogens with two attached hydrogens (primary N) is 1. The lowest BCUT2D eigenvalue weighted by Gasteiger charge is -2.32. The van der Waals surface area contributed by atoms with Gasteiger partial charge in [0.25, 0.3) is 0 Å². The van der Waals surface area contributed by atoms with Gasteiger partial charge in [-0.2, -0.15) is 0 Å². The number of phenols is 1. The predicted octanol–water partition coefficient (Wildman–Crippen LogP) is 5.87. The van der Waals surface area contributed by atoms with Crippen molar-refractivity contribution in [1.82, 2.24) is 0 Å². The van der Waals surface area contributed by atoms with Crippen LogP contribution in [0.3, 0.4) is 0 Å². The van der Waals surface area contributed by atoms with Crippen LogP contribution in [-0.4, -0.2) is 18.3 Å². The van der Waals surface area contributed by atoms with Gasteiger partial charge in [-0.25, -0.2) is 0 Å². The highest BCUT2D eigenvalue weighted by molar-refractivity contribution is 5.52. The molecule has 0 aliphatic heterocycles. The van der Waals surface area contributed by atoms with Gasteiger partial charge in [-0.05, 0) is 76.1 Å². The molecule has 1 aromatic carbocycles. The van der Waals surface area contributed by atoms with Crippen molar-refractivity contribution in [2.45, 2.75) is 71.6 Å². The van der Waals surface area contributed by atoms with E-state index < -0.39 is 0 Å². The second kappa shape index (κ2) is 10.6. The number of aromatic hydroxyl groups is 1. The Balaban J connectivity index is 2.41. The van der Waals surface area contributed by atoms with Crippen LogP contribution in [0.25, 0.3) is 0 Å². The summed E-state index contributed by atoms with van der Waals surface area (Å²) in [5.41, 5.74) is 10.2. The molecule has 0 bridgehead atoms. The van der Waals surface area contributed by atoms with E-state index in [-0.39, 0.29) is 5.92 Å². The van der Waals surface area contributed by atoms with Crippen LogP contribution in [0, 0.1) is 5.92 Å². The SMILES string of the molecule is C=C(C)C1CCC(C)=CC1c1c(O)cc(CCCCC)cc1OCCCN. The summed E-state index contributed by atoms with van der Waals surface area (Å²) in [6.45, 7) is 11.9. The van der Waals surface area contributed by atoms with Gasteiger partial charge in [0.15, 0.2) is 0 Å². The molecule has 0 saturated carbocycles. The number of rotatable bonds is 10. The minimum atomic E-state index is 0.119. The lowest BCUT2D eigenvalue weighted by atomic mass is 9.73. The first-order chi connectivity index (χ1) is 13.0. The summed E-state index contributed by atoms with van der Waals surface area (Å²) in [4.78, 5) is 0. The molecule has 2 atom stereocenters. The van der Waals surface area contributed by atoms with Gasteiger partial charge >= 0.3 is 0 Å². The van der Waals surface area contributed by atoms with Gasteiger partial charge in [0, 0.05) is 11.5 Å². The Bertz CT molecular complexity index is 663. The Morgan fingerprint density at radius 2 is 2.07 bits per heavy atom. The van der Waals surface area contributed by atoms with E-state index in [2.05, 4.69) is 39.5 Å². The van der Waals surface area contributed by atoms with Gasteiger partial charge in [0.1, 0.15) is 11.5 Å². The predicted molar refractivity (Wildman–Crippen MR) is 115 cm³/mol. The number of aryl methyl sites for hydroxylation is 1. The Morgan fingerprint density at radius 1 is 1.30 bits per heavy atom. The summed E-state index contributed by atoms with van der Waals surface area (Å²) >= 11 is 0. The monoisotopic (exact) mass is 371 g/mol. The fourth-order valence-corrected chi connectivity index (χ4v) is 4.02. The minimum Gasteiger partial charge on any atom is -0.507 e. The molecule has 0 amide bonds. The number of benzene rings is 1. The minimum absolute atomic E-state index is 0.119. The molecule has 0 radical (unpaired) electrons. The average molecular weight is 372 g/mol. The molecule has 3 nitrogen and oxygen atoms in total. The number of unbranched alkanes of at least 4 members (excludes halogenated alkanes) is 2. The molecule has 1 aliphatic rings. The number of allylic oxidation sites excluding steroid dienone is 3. The first-order valence-corrected chi connectivity index (χ1v) is 10.5. The number of hydrogen-bond acceptors (Lipinski definition) is 3. The van der Waals surface area contributed by atoms with Crippen molar-refractivity contribution in [3.8, 4) is 11.5 Å². The largest absolute Gasteiger partial charge is 0.507 e. The Hall–Kier alpha value is -1.74. The van der Waals surface area contributed by atoms with E-state index in [9.17, 15) is 5.11 Å². The summed E-state index contributed by atoms with van der Waals surface area (Å²) in [6.07, 6.45) is 9.76. The zero-order valence-corrected chi connectivity index (χ0v) is 17.4. The van der Waals surface area contributed by atoms with E-state index in [1.807, 2.05) is 6.07 Å². The molecule has 150 valence electrons. The highest BCUT2D eigenvalue weighted by Gasteiger charge is 2.30. The van der Waals surface area contributed by atoms with Crippen LogP contribution in [0.2, 0.25) is 0 Å². The summed E-state index contributed by atoms with van der Waals surface area (Å²) in [5.74, 6) is 1.63. The molecule has 0 fully saturated rings. The fraction of sp³-hybridized carbons (Fsp3) is 0.583. The maximum Gasteiger partial charge on any atom is 0.127 e. The smallest absolute Gasteiger partial charge is 0.127 e. The third-order valence-corrected chi connectivity index (χ3v) is 5.57. The van der Waals surface area contributed by atoms with Crippen LogP contribution >= 0.6 is 0 Å². The molecule has 27 heavy (non-hydrogen) atoms. The standard InChI is InChI=1S/C24H37NO2/c1-5-6-7-9-19-15-22(26)24(23(16-19)27-13-8-12-25)21-14-18(4)10-11-20(21)17(2)3/h14-16,20-21,26H,2,5-13,25H2,1,3-4H3. The molecule has 0 aromatic heterocycles.